The third kappa shape index (κ3) is 2.51. The second kappa shape index (κ2) is 5.86. The van der Waals surface area contributed by atoms with Crippen molar-refractivity contribution in [3.63, 3.8) is 0 Å². The molecular formula is C17H15N3O2. The number of rotatable bonds is 3. The Bertz CT molecular complexity index is 752. The Morgan fingerprint density at radius 3 is 2.73 bits per heavy atom. The van der Waals surface area contributed by atoms with Crippen LogP contribution in [0.25, 0.3) is 0 Å². The van der Waals surface area contributed by atoms with E-state index in [-0.39, 0.29) is 16.7 Å². The molecule has 0 saturated carbocycles. The van der Waals surface area contributed by atoms with Crippen molar-refractivity contribution >= 4 is 11.4 Å². The minimum absolute atomic E-state index is 0.0993. The van der Waals surface area contributed by atoms with Crippen LogP contribution in [0.1, 0.15) is 17.5 Å². The molecule has 2 aromatic carbocycles. The van der Waals surface area contributed by atoms with Crippen LogP contribution in [-0.2, 0) is 13.0 Å². The lowest BCUT2D eigenvalue weighted by molar-refractivity contribution is -0.385. The maximum absolute atomic E-state index is 11.2. The number of fused-ring (bicyclic) bond motifs is 1. The highest BCUT2D eigenvalue weighted by Crippen LogP contribution is 2.33. The molecule has 1 heterocycles. The lowest BCUT2D eigenvalue weighted by atomic mass is 9.95. The van der Waals surface area contributed by atoms with E-state index in [4.69, 9.17) is 0 Å². The first-order valence-electron chi connectivity index (χ1n) is 7.17. The van der Waals surface area contributed by atoms with Crippen LogP contribution in [0, 0.1) is 21.4 Å². The minimum atomic E-state index is -0.368. The van der Waals surface area contributed by atoms with Crippen molar-refractivity contribution in [2.45, 2.75) is 25.4 Å². The van der Waals surface area contributed by atoms with E-state index in [0.29, 0.717) is 12.1 Å². The number of nitrogens with zero attached hydrogens (tertiary/aromatic N) is 3. The Morgan fingerprint density at radius 2 is 1.95 bits per heavy atom. The maximum atomic E-state index is 11.2. The maximum Gasteiger partial charge on any atom is 0.274 e. The first-order chi connectivity index (χ1) is 10.7. The number of nitro groups is 1. The summed E-state index contributed by atoms with van der Waals surface area (Å²) < 4.78 is 0. The lowest BCUT2D eigenvalue weighted by Gasteiger charge is -2.35. The Kier molecular flexibility index (Phi) is 3.75. The van der Waals surface area contributed by atoms with Gasteiger partial charge in [0.15, 0.2) is 0 Å². The highest BCUT2D eigenvalue weighted by Gasteiger charge is 2.27. The topological polar surface area (TPSA) is 70.2 Å². The van der Waals surface area contributed by atoms with Crippen LogP contribution in [0.2, 0.25) is 0 Å². The summed E-state index contributed by atoms with van der Waals surface area (Å²) in [7, 11) is 0. The van der Waals surface area contributed by atoms with Crippen LogP contribution in [0.3, 0.4) is 0 Å². The van der Waals surface area contributed by atoms with E-state index in [0.717, 1.165) is 18.5 Å². The zero-order valence-corrected chi connectivity index (χ0v) is 12.0. The summed E-state index contributed by atoms with van der Waals surface area (Å²) in [5, 5.41) is 20.6. The van der Waals surface area contributed by atoms with Gasteiger partial charge in [0.2, 0.25) is 0 Å². The normalized spacial score (nSPS) is 16.7. The summed E-state index contributed by atoms with van der Waals surface area (Å²) in [4.78, 5) is 12.8. The zero-order valence-electron chi connectivity index (χ0n) is 12.0. The predicted octanol–water partition coefficient (Wildman–Crippen LogP) is 3.44. The van der Waals surface area contributed by atoms with Gasteiger partial charge in [-0.05, 0) is 24.5 Å². The number of anilines is 1. The molecule has 0 aromatic heterocycles. The van der Waals surface area contributed by atoms with E-state index in [2.05, 4.69) is 12.1 Å². The van der Waals surface area contributed by atoms with Crippen molar-refractivity contribution in [1.29, 1.82) is 5.26 Å². The molecule has 22 heavy (non-hydrogen) atoms. The first kappa shape index (κ1) is 14.1. The van der Waals surface area contributed by atoms with Gasteiger partial charge in [-0.1, -0.05) is 36.4 Å². The molecule has 5 heteroatoms. The molecule has 1 aliphatic heterocycles. The molecule has 0 fully saturated rings. The minimum Gasteiger partial charge on any atom is -0.351 e. The van der Waals surface area contributed by atoms with Crippen LogP contribution >= 0.6 is 0 Å². The van der Waals surface area contributed by atoms with Gasteiger partial charge in [0.05, 0.1) is 17.5 Å². The van der Waals surface area contributed by atoms with Gasteiger partial charge >= 0.3 is 0 Å². The highest BCUT2D eigenvalue weighted by atomic mass is 16.6. The van der Waals surface area contributed by atoms with Crippen LogP contribution in [0.5, 0.6) is 0 Å². The van der Waals surface area contributed by atoms with Crippen molar-refractivity contribution in [1.82, 2.24) is 0 Å². The lowest BCUT2D eigenvalue weighted by Crippen LogP contribution is -2.38. The summed E-state index contributed by atoms with van der Waals surface area (Å²) >= 11 is 0. The fourth-order valence-electron chi connectivity index (χ4n) is 2.95. The van der Waals surface area contributed by atoms with Crippen molar-refractivity contribution < 1.29 is 4.92 Å². The van der Waals surface area contributed by atoms with Gasteiger partial charge in [0.1, 0.15) is 6.04 Å². The number of para-hydroxylation sites is 2. The summed E-state index contributed by atoms with van der Waals surface area (Å²) in [6, 6.07) is 16.7. The van der Waals surface area contributed by atoms with Crippen LogP contribution < -0.4 is 4.90 Å². The molecule has 0 radical (unpaired) electrons. The zero-order chi connectivity index (χ0) is 15.5. The molecule has 0 unspecified atom stereocenters. The van der Waals surface area contributed by atoms with E-state index >= 15 is 0 Å². The molecule has 0 saturated heterocycles. The Labute approximate surface area is 128 Å². The van der Waals surface area contributed by atoms with Crippen molar-refractivity contribution in [3.8, 4) is 6.07 Å². The first-order valence-corrected chi connectivity index (χ1v) is 7.17. The summed E-state index contributed by atoms with van der Waals surface area (Å²) in [6.45, 7) is 0.367. The van der Waals surface area contributed by atoms with Gasteiger partial charge in [0, 0.05) is 17.3 Å². The molecule has 5 nitrogen and oxygen atoms in total. The fraction of sp³-hybridized carbons (Fsp3) is 0.235. The average Bonchev–Trinajstić information content (AvgIpc) is 2.55. The molecular weight excluding hydrogens is 278 g/mol. The molecule has 110 valence electrons. The largest absolute Gasteiger partial charge is 0.351 e. The number of nitro benzene ring substituents is 1. The van der Waals surface area contributed by atoms with E-state index < -0.39 is 0 Å². The van der Waals surface area contributed by atoms with Crippen LogP contribution in [0.15, 0.2) is 48.5 Å². The van der Waals surface area contributed by atoms with Crippen molar-refractivity contribution in [3.05, 3.63) is 69.8 Å². The molecule has 0 amide bonds. The van der Waals surface area contributed by atoms with Gasteiger partial charge in [-0.25, -0.2) is 0 Å². The summed E-state index contributed by atoms with van der Waals surface area (Å²) in [5.41, 5.74) is 2.91. The molecule has 0 bridgehead atoms. The molecule has 0 N–H and O–H groups in total. The number of benzene rings is 2. The number of hydrogen-bond acceptors (Lipinski definition) is 4. The van der Waals surface area contributed by atoms with Gasteiger partial charge in [-0.2, -0.15) is 5.26 Å². The quantitative estimate of drug-likeness (QED) is 0.642. The number of hydrogen-bond donors (Lipinski definition) is 0. The van der Waals surface area contributed by atoms with Gasteiger partial charge < -0.3 is 4.90 Å². The average molecular weight is 293 g/mol. The molecule has 3 rings (SSSR count). The van der Waals surface area contributed by atoms with Crippen LogP contribution in [0.4, 0.5) is 11.4 Å². The van der Waals surface area contributed by atoms with Gasteiger partial charge in [-0.3, -0.25) is 10.1 Å². The Hall–Kier alpha value is -2.87. The predicted molar refractivity (Wildman–Crippen MR) is 83.4 cm³/mol. The van der Waals surface area contributed by atoms with Crippen LogP contribution in [-0.4, -0.2) is 11.0 Å². The Balaban J connectivity index is 2.00. The second-order valence-electron chi connectivity index (χ2n) is 5.33. The van der Waals surface area contributed by atoms with Crippen molar-refractivity contribution in [2.24, 2.45) is 0 Å². The summed E-state index contributed by atoms with van der Waals surface area (Å²) in [6.07, 6.45) is 1.61. The van der Waals surface area contributed by atoms with E-state index in [1.165, 1.54) is 11.6 Å². The monoisotopic (exact) mass is 293 g/mol. The van der Waals surface area contributed by atoms with Gasteiger partial charge in [-0.15, -0.1) is 0 Å². The third-order valence-electron chi connectivity index (χ3n) is 4.04. The van der Waals surface area contributed by atoms with E-state index in [9.17, 15) is 15.4 Å². The number of aryl methyl sites for hydroxylation is 1. The molecule has 0 aliphatic carbocycles. The molecule has 1 aliphatic rings. The smallest absolute Gasteiger partial charge is 0.274 e. The summed E-state index contributed by atoms with van der Waals surface area (Å²) in [5.74, 6) is 0. The standard InChI is InChI=1S/C17H15N3O2/c18-11-15-10-9-13-5-1-3-7-16(13)19(15)12-14-6-2-4-8-17(14)20(21)22/h1-8,15H,9-10,12H2/t15-/m1/s1. The number of nitriles is 1. The second-order valence-corrected chi connectivity index (χ2v) is 5.33. The van der Waals surface area contributed by atoms with Crippen molar-refractivity contribution in [2.75, 3.05) is 4.90 Å². The van der Waals surface area contributed by atoms with Gasteiger partial charge in [0.25, 0.3) is 5.69 Å². The highest BCUT2D eigenvalue weighted by molar-refractivity contribution is 5.59. The molecule has 2 aromatic rings. The SMILES string of the molecule is N#C[C@H]1CCc2ccccc2N1Cc1ccccc1[N+](=O)[O-]. The van der Waals surface area contributed by atoms with E-state index in [1.54, 1.807) is 18.2 Å². The molecule has 1 atom stereocenters. The fourth-order valence-corrected chi connectivity index (χ4v) is 2.95. The third-order valence-corrected chi connectivity index (χ3v) is 4.04. The Morgan fingerprint density at radius 1 is 1.23 bits per heavy atom. The molecule has 0 spiro atoms. The van der Waals surface area contributed by atoms with E-state index in [1.807, 2.05) is 23.1 Å².